The van der Waals surface area contributed by atoms with Gasteiger partial charge in [0, 0.05) is 6.67 Å². The first-order chi connectivity index (χ1) is 2.79. The van der Waals surface area contributed by atoms with Crippen LogP contribution in [0.4, 0.5) is 0 Å². The largest absolute Gasteiger partial charge is 0.307 e. The number of rotatable bonds is 0. The highest BCUT2D eigenvalue weighted by atomic mass is 28.2. The van der Waals surface area contributed by atoms with Gasteiger partial charge in [0.05, 0.1) is 0 Å². The van der Waals surface area contributed by atoms with E-state index >= 15 is 0 Å². The first-order valence-corrected chi connectivity index (χ1v) is 3.42. The Hall–Kier alpha value is 0.137. The van der Waals surface area contributed by atoms with Gasteiger partial charge in [-0.1, -0.05) is 0 Å². The fraction of sp³-hybridized carbons (Fsp3) is 1.00. The monoisotopic (exact) mass is 102 g/mol. The van der Waals surface area contributed by atoms with E-state index in [-0.39, 0.29) is 9.84 Å². The molecule has 0 radical (unpaired) electrons. The molecule has 0 spiro atoms. The molecule has 0 atom stereocenters. The third-order valence-electron chi connectivity index (χ3n) is 0.966. The van der Waals surface area contributed by atoms with Crippen molar-refractivity contribution in [2.45, 2.75) is 0 Å². The van der Waals surface area contributed by atoms with Crippen LogP contribution in [0.2, 0.25) is 0 Å². The van der Waals surface area contributed by atoms with Crippen LogP contribution in [0.1, 0.15) is 0 Å². The second-order valence-electron chi connectivity index (χ2n) is 1.99. The molecule has 6 heavy (non-hydrogen) atoms. The number of hydrogen-bond donors (Lipinski definition) is 0. The highest BCUT2D eigenvalue weighted by Gasteiger charge is 2.14. The molecule has 0 unspecified atom stereocenters. The van der Waals surface area contributed by atoms with Gasteiger partial charge in [-0.3, -0.25) is 0 Å². The molecule has 1 saturated heterocycles. The number of hydrogen-bond acceptors (Lipinski definition) is 2. The minimum Gasteiger partial charge on any atom is -0.307 e. The molecular formula is C3H10N2Si. The Morgan fingerprint density at radius 3 is 1.67 bits per heavy atom. The Labute approximate surface area is 40.7 Å². The van der Waals surface area contributed by atoms with Gasteiger partial charge in [-0.15, -0.1) is 0 Å². The van der Waals surface area contributed by atoms with Crippen molar-refractivity contribution in [1.29, 1.82) is 0 Å². The first kappa shape index (κ1) is 4.30. The quantitative estimate of drug-likeness (QED) is 0.355. The van der Waals surface area contributed by atoms with E-state index in [1.807, 2.05) is 0 Å². The summed E-state index contributed by atoms with van der Waals surface area (Å²) in [5, 5.41) is 0. The number of nitrogens with zero attached hydrogens (tertiary/aromatic N) is 2. The van der Waals surface area contributed by atoms with Crippen LogP contribution in [-0.4, -0.2) is 39.7 Å². The van der Waals surface area contributed by atoms with Gasteiger partial charge >= 0.3 is 0 Å². The third kappa shape index (κ3) is 0.615. The van der Waals surface area contributed by atoms with Crippen LogP contribution in [0, 0.1) is 0 Å². The molecule has 0 aromatic heterocycles. The molecule has 0 bridgehead atoms. The van der Waals surface area contributed by atoms with Gasteiger partial charge in [0.25, 0.3) is 0 Å². The molecule has 36 valence electrons. The van der Waals surface area contributed by atoms with Crippen molar-refractivity contribution in [2.75, 3.05) is 20.8 Å². The van der Waals surface area contributed by atoms with E-state index in [1.165, 1.54) is 6.67 Å². The van der Waals surface area contributed by atoms with Crippen LogP contribution >= 0.6 is 0 Å². The Kier molecular flexibility index (Phi) is 0.952. The van der Waals surface area contributed by atoms with Crippen LogP contribution in [-0.2, 0) is 0 Å². The lowest BCUT2D eigenvalue weighted by Crippen LogP contribution is -2.53. The summed E-state index contributed by atoms with van der Waals surface area (Å²) in [6.07, 6.45) is 0. The predicted molar refractivity (Wildman–Crippen MR) is 28.9 cm³/mol. The lowest BCUT2D eigenvalue weighted by atomic mass is 11.0. The maximum atomic E-state index is 2.39. The Morgan fingerprint density at radius 2 is 1.67 bits per heavy atom. The summed E-state index contributed by atoms with van der Waals surface area (Å²) in [4.78, 5) is 0. The van der Waals surface area contributed by atoms with Gasteiger partial charge in [0.15, 0.2) is 9.84 Å². The van der Waals surface area contributed by atoms with Crippen molar-refractivity contribution in [2.24, 2.45) is 0 Å². The van der Waals surface area contributed by atoms with Gasteiger partial charge in [-0.05, 0) is 14.1 Å². The summed E-state index contributed by atoms with van der Waals surface area (Å²) in [5.41, 5.74) is 0. The van der Waals surface area contributed by atoms with Crippen LogP contribution in [0.25, 0.3) is 0 Å². The minimum absolute atomic E-state index is 0.120. The standard InChI is InChI=1S/C3H10N2Si/c1-4-3-5(2)6-4/h3,6H2,1-2H3. The van der Waals surface area contributed by atoms with Crippen molar-refractivity contribution in [3.05, 3.63) is 0 Å². The molecule has 0 saturated carbocycles. The molecular weight excluding hydrogens is 92.1 g/mol. The summed E-state index contributed by atoms with van der Waals surface area (Å²) in [7, 11) is 4.47. The topological polar surface area (TPSA) is 6.48 Å². The van der Waals surface area contributed by atoms with Gasteiger partial charge < -0.3 is 9.13 Å². The molecule has 0 N–H and O–H groups in total. The van der Waals surface area contributed by atoms with Gasteiger partial charge in [-0.2, -0.15) is 0 Å². The fourth-order valence-corrected chi connectivity index (χ4v) is 2.07. The molecule has 1 fully saturated rings. The maximum absolute atomic E-state index is 2.39. The highest BCUT2D eigenvalue weighted by molar-refractivity contribution is 6.31. The van der Waals surface area contributed by atoms with Crippen LogP contribution in [0.5, 0.6) is 0 Å². The maximum Gasteiger partial charge on any atom is 0.174 e. The zero-order valence-corrected chi connectivity index (χ0v) is 5.72. The van der Waals surface area contributed by atoms with Crippen molar-refractivity contribution in [3.63, 3.8) is 0 Å². The normalized spacial score (nSPS) is 27.0. The molecule has 0 aromatic rings. The van der Waals surface area contributed by atoms with E-state index in [9.17, 15) is 0 Å². The average molecular weight is 102 g/mol. The van der Waals surface area contributed by atoms with E-state index in [2.05, 4.69) is 23.2 Å². The van der Waals surface area contributed by atoms with Crippen molar-refractivity contribution in [3.8, 4) is 0 Å². The van der Waals surface area contributed by atoms with Crippen LogP contribution < -0.4 is 0 Å². The third-order valence-corrected chi connectivity index (χ3v) is 2.33. The van der Waals surface area contributed by atoms with E-state index in [0.29, 0.717) is 0 Å². The van der Waals surface area contributed by atoms with Gasteiger partial charge in [-0.25, -0.2) is 0 Å². The smallest absolute Gasteiger partial charge is 0.174 e. The second kappa shape index (κ2) is 1.33. The molecule has 1 aliphatic heterocycles. The second-order valence-corrected chi connectivity index (χ2v) is 4.44. The van der Waals surface area contributed by atoms with Crippen molar-refractivity contribution >= 4 is 9.84 Å². The van der Waals surface area contributed by atoms with E-state index < -0.39 is 0 Å². The molecule has 1 aliphatic rings. The first-order valence-electron chi connectivity index (χ1n) is 2.16. The summed E-state index contributed by atoms with van der Waals surface area (Å²) in [5.74, 6) is 0. The van der Waals surface area contributed by atoms with Gasteiger partial charge in [0.2, 0.25) is 0 Å². The SMILES string of the molecule is CN1CN(C)[SiH2]1. The Bertz CT molecular complexity index is 44.8. The van der Waals surface area contributed by atoms with Crippen molar-refractivity contribution in [1.82, 2.24) is 9.13 Å². The average Bonchev–Trinajstić information content (AvgIpc) is 1.33. The highest BCUT2D eigenvalue weighted by Crippen LogP contribution is 1.94. The zero-order chi connectivity index (χ0) is 4.57. The molecule has 1 heterocycles. The summed E-state index contributed by atoms with van der Waals surface area (Å²) >= 11 is 0. The van der Waals surface area contributed by atoms with Crippen LogP contribution in [0.3, 0.4) is 0 Å². The molecule has 2 nitrogen and oxygen atoms in total. The van der Waals surface area contributed by atoms with E-state index in [0.717, 1.165) is 0 Å². The predicted octanol–water partition coefficient (Wildman–Crippen LogP) is -1.18. The Balaban J connectivity index is 2.11. The molecule has 3 heteroatoms. The molecule has 0 amide bonds. The zero-order valence-electron chi connectivity index (χ0n) is 4.31. The molecule has 0 aliphatic carbocycles. The van der Waals surface area contributed by atoms with E-state index in [1.54, 1.807) is 0 Å². The lowest BCUT2D eigenvalue weighted by Gasteiger charge is -2.36. The summed E-state index contributed by atoms with van der Waals surface area (Å²) < 4.78 is 4.78. The summed E-state index contributed by atoms with van der Waals surface area (Å²) in [6.45, 7) is 1.20. The van der Waals surface area contributed by atoms with Crippen molar-refractivity contribution < 1.29 is 0 Å². The molecule has 0 aromatic carbocycles. The lowest BCUT2D eigenvalue weighted by molar-refractivity contribution is 0.269. The fourth-order valence-electron chi connectivity index (χ4n) is 0.783. The van der Waals surface area contributed by atoms with Crippen LogP contribution in [0.15, 0.2) is 0 Å². The Morgan fingerprint density at radius 1 is 1.33 bits per heavy atom. The summed E-state index contributed by atoms with van der Waals surface area (Å²) in [6, 6.07) is 0. The van der Waals surface area contributed by atoms with Gasteiger partial charge in [0.1, 0.15) is 0 Å². The minimum atomic E-state index is 0.120. The molecule has 1 rings (SSSR count). The van der Waals surface area contributed by atoms with E-state index in [4.69, 9.17) is 0 Å².